The third-order valence-electron chi connectivity index (χ3n) is 12.1. The minimum Gasteiger partial charge on any atom is -0.309 e. The Morgan fingerprint density at radius 1 is 0.421 bits per heavy atom. The van der Waals surface area contributed by atoms with E-state index in [0.717, 1.165) is 22.7 Å². The van der Waals surface area contributed by atoms with Crippen LogP contribution in [-0.4, -0.2) is 4.57 Å². The van der Waals surface area contributed by atoms with Crippen LogP contribution in [0.3, 0.4) is 0 Å². The van der Waals surface area contributed by atoms with E-state index >= 15 is 0 Å². The number of hydrogen-bond donors (Lipinski definition) is 0. The van der Waals surface area contributed by atoms with Gasteiger partial charge in [0.05, 0.1) is 22.4 Å². The molecule has 0 saturated heterocycles. The molecule has 0 unspecified atom stereocenters. The summed E-state index contributed by atoms with van der Waals surface area (Å²) in [5.41, 5.74) is 17.0. The Morgan fingerprint density at radius 3 is 1.74 bits per heavy atom. The lowest BCUT2D eigenvalue weighted by Gasteiger charge is -2.29. The highest BCUT2D eigenvalue weighted by atomic mass is 15.1. The van der Waals surface area contributed by atoms with Gasteiger partial charge >= 0.3 is 0 Å². The second-order valence-electron chi connectivity index (χ2n) is 15.7. The first-order chi connectivity index (χ1) is 28.1. The number of anilines is 3. The minimum atomic E-state index is -0.188. The Kier molecular flexibility index (Phi) is 7.55. The van der Waals surface area contributed by atoms with Crippen molar-refractivity contribution in [2.45, 2.75) is 19.3 Å². The highest BCUT2D eigenvalue weighted by Crippen LogP contribution is 2.54. The van der Waals surface area contributed by atoms with Gasteiger partial charge in [0.15, 0.2) is 0 Å². The Labute approximate surface area is 333 Å². The van der Waals surface area contributed by atoms with E-state index in [1.807, 2.05) is 0 Å². The Balaban J connectivity index is 1.26. The van der Waals surface area contributed by atoms with Crippen molar-refractivity contribution in [1.82, 2.24) is 4.57 Å². The summed E-state index contributed by atoms with van der Waals surface area (Å²) in [6.45, 7) is 4.80. The second-order valence-corrected chi connectivity index (χ2v) is 15.7. The lowest BCUT2D eigenvalue weighted by molar-refractivity contribution is 0.664. The summed E-state index contributed by atoms with van der Waals surface area (Å²) in [5, 5.41) is 4.99. The molecule has 0 bridgehead atoms. The lowest BCUT2D eigenvalue weighted by Crippen LogP contribution is -2.16. The Hall–Kier alpha value is -7.16. The van der Waals surface area contributed by atoms with Crippen LogP contribution in [0, 0.1) is 0 Å². The molecule has 2 heteroatoms. The van der Waals surface area contributed by atoms with E-state index in [4.69, 9.17) is 0 Å². The van der Waals surface area contributed by atoms with Gasteiger partial charge in [-0.05, 0) is 80.7 Å². The molecule has 0 atom stereocenters. The number of rotatable bonds is 6. The first kappa shape index (κ1) is 33.2. The summed E-state index contributed by atoms with van der Waals surface area (Å²) in [6, 6.07) is 75.5. The van der Waals surface area contributed by atoms with E-state index in [1.54, 1.807) is 0 Å². The zero-order chi connectivity index (χ0) is 38.1. The molecular weight excluding hydrogens is 689 g/mol. The molecule has 0 fully saturated rings. The van der Waals surface area contributed by atoms with Crippen LogP contribution in [0.4, 0.5) is 17.1 Å². The van der Waals surface area contributed by atoms with Crippen LogP contribution in [0.15, 0.2) is 206 Å². The van der Waals surface area contributed by atoms with Crippen LogP contribution < -0.4 is 4.90 Å². The van der Waals surface area contributed by atoms with Crippen LogP contribution in [0.1, 0.15) is 25.0 Å². The summed E-state index contributed by atoms with van der Waals surface area (Å²) in [7, 11) is 0. The summed E-state index contributed by atoms with van der Waals surface area (Å²) in [6.07, 6.45) is 0. The maximum absolute atomic E-state index is 2.55. The summed E-state index contributed by atoms with van der Waals surface area (Å²) >= 11 is 0. The van der Waals surface area contributed by atoms with Crippen LogP contribution in [0.2, 0.25) is 0 Å². The van der Waals surface area contributed by atoms with Crippen molar-refractivity contribution >= 4 is 49.6 Å². The van der Waals surface area contributed by atoms with Gasteiger partial charge in [0.1, 0.15) is 0 Å². The Bertz CT molecular complexity index is 3120. The van der Waals surface area contributed by atoms with Crippen molar-refractivity contribution in [3.8, 4) is 39.1 Å². The molecule has 1 aliphatic rings. The molecule has 11 rings (SSSR count). The van der Waals surface area contributed by atoms with Crippen molar-refractivity contribution in [2.75, 3.05) is 4.90 Å². The van der Waals surface area contributed by atoms with E-state index in [2.05, 4.69) is 230 Å². The fourth-order valence-corrected chi connectivity index (χ4v) is 9.60. The smallest absolute Gasteiger partial charge is 0.0588 e. The van der Waals surface area contributed by atoms with Gasteiger partial charge in [-0.15, -0.1) is 0 Å². The number of fused-ring (bicyclic) bond motifs is 9. The normalized spacial score (nSPS) is 12.9. The summed E-state index contributed by atoms with van der Waals surface area (Å²) in [5.74, 6) is 0. The van der Waals surface area contributed by atoms with Gasteiger partial charge < -0.3 is 9.47 Å². The third-order valence-corrected chi connectivity index (χ3v) is 12.1. The molecule has 0 N–H and O–H groups in total. The maximum atomic E-state index is 2.55. The first-order valence-corrected chi connectivity index (χ1v) is 19.9. The fraction of sp³-hybridized carbons (Fsp3) is 0.0545. The predicted molar refractivity (Wildman–Crippen MR) is 241 cm³/mol. The van der Waals surface area contributed by atoms with Crippen molar-refractivity contribution in [1.29, 1.82) is 0 Å². The zero-order valence-electron chi connectivity index (χ0n) is 32.0. The van der Waals surface area contributed by atoms with E-state index in [1.165, 1.54) is 77.1 Å². The standard InChI is InChI=1S/C55H40N2/c1-55(2)48-28-16-14-25-43(48)46-34-35-47-52-45-27-13-12-26-44(45)50(36-51(52)57(54(47)53(46)55)40-22-10-5-11-23-40)56(41-32-30-38(31-33-41)37-18-6-3-7-19-37)49-29-17-15-24-42(49)39-20-8-4-9-21-39/h3-36H,1-2H3. The predicted octanol–water partition coefficient (Wildman–Crippen LogP) is 15.0. The van der Waals surface area contributed by atoms with Gasteiger partial charge in [0.2, 0.25) is 0 Å². The summed E-state index contributed by atoms with van der Waals surface area (Å²) < 4.78 is 2.55. The number of para-hydroxylation sites is 2. The molecule has 0 spiro atoms. The van der Waals surface area contributed by atoms with E-state index in [-0.39, 0.29) is 5.41 Å². The molecule has 1 heterocycles. The van der Waals surface area contributed by atoms with Gasteiger partial charge in [-0.25, -0.2) is 0 Å². The molecule has 0 aliphatic heterocycles. The highest BCUT2D eigenvalue weighted by molar-refractivity contribution is 6.26. The third kappa shape index (κ3) is 5.11. The summed E-state index contributed by atoms with van der Waals surface area (Å²) in [4.78, 5) is 2.48. The highest BCUT2D eigenvalue weighted by Gasteiger charge is 2.38. The average molecular weight is 729 g/mol. The number of nitrogens with zero attached hydrogens (tertiary/aromatic N) is 2. The van der Waals surface area contributed by atoms with E-state index in [9.17, 15) is 0 Å². The minimum absolute atomic E-state index is 0.188. The molecular formula is C55H40N2. The van der Waals surface area contributed by atoms with Gasteiger partial charge in [0, 0.05) is 38.5 Å². The zero-order valence-corrected chi connectivity index (χ0v) is 32.0. The average Bonchev–Trinajstić information content (AvgIpc) is 3.73. The molecule has 270 valence electrons. The number of hydrogen-bond acceptors (Lipinski definition) is 1. The van der Waals surface area contributed by atoms with Gasteiger partial charge in [-0.3, -0.25) is 0 Å². The molecule has 57 heavy (non-hydrogen) atoms. The Morgan fingerprint density at radius 2 is 1.00 bits per heavy atom. The molecule has 2 nitrogen and oxygen atoms in total. The molecule has 1 aliphatic carbocycles. The molecule has 0 saturated carbocycles. The van der Waals surface area contributed by atoms with Gasteiger partial charge in [-0.1, -0.05) is 184 Å². The van der Waals surface area contributed by atoms with E-state index in [0.29, 0.717) is 0 Å². The lowest BCUT2D eigenvalue weighted by atomic mass is 9.81. The molecule has 0 amide bonds. The van der Waals surface area contributed by atoms with Gasteiger partial charge in [-0.2, -0.15) is 0 Å². The largest absolute Gasteiger partial charge is 0.309 e. The fourth-order valence-electron chi connectivity index (χ4n) is 9.60. The maximum Gasteiger partial charge on any atom is 0.0588 e. The van der Waals surface area contributed by atoms with Crippen molar-refractivity contribution in [3.63, 3.8) is 0 Å². The number of aromatic nitrogens is 1. The molecule has 9 aromatic carbocycles. The number of benzene rings is 9. The molecule has 0 radical (unpaired) electrons. The van der Waals surface area contributed by atoms with Crippen LogP contribution in [-0.2, 0) is 5.41 Å². The monoisotopic (exact) mass is 728 g/mol. The second kappa shape index (κ2) is 13.0. The quantitative estimate of drug-likeness (QED) is 0.165. The topological polar surface area (TPSA) is 8.17 Å². The van der Waals surface area contributed by atoms with Crippen LogP contribution >= 0.6 is 0 Å². The van der Waals surface area contributed by atoms with Crippen LogP contribution in [0.25, 0.3) is 71.6 Å². The SMILES string of the molecule is CC1(C)c2ccccc2-c2ccc3c4c5ccccc5c(N(c5ccc(-c6ccccc6)cc5)c5ccccc5-c5ccccc5)cc4n(-c4ccccc4)c3c21. The molecule has 10 aromatic rings. The van der Waals surface area contributed by atoms with Crippen LogP contribution in [0.5, 0.6) is 0 Å². The first-order valence-electron chi connectivity index (χ1n) is 19.9. The van der Waals surface area contributed by atoms with Crippen molar-refractivity contribution < 1.29 is 0 Å². The van der Waals surface area contributed by atoms with E-state index < -0.39 is 0 Å². The molecule has 1 aromatic heterocycles. The van der Waals surface area contributed by atoms with Crippen molar-refractivity contribution in [2.24, 2.45) is 0 Å². The van der Waals surface area contributed by atoms with Gasteiger partial charge in [0.25, 0.3) is 0 Å². The van der Waals surface area contributed by atoms with Crippen molar-refractivity contribution in [3.05, 3.63) is 217 Å².